The molecule has 0 amide bonds. The summed E-state index contributed by atoms with van der Waals surface area (Å²) in [7, 11) is 0. The third kappa shape index (κ3) is 3.31. The van der Waals surface area contributed by atoms with Gasteiger partial charge < -0.3 is 15.7 Å². The summed E-state index contributed by atoms with van der Waals surface area (Å²) < 4.78 is 0. The topological polar surface area (TPSA) is 73.0 Å². The summed E-state index contributed by atoms with van der Waals surface area (Å²) >= 11 is 0. The second-order valence-electron chi connectivity index (χ2n) is 5.34. The maximum absolute atomic E-state index is 10.1. The molecule has 2 rings (SSSR count). The van der Waals surface area contributed by atoms with Crippen LogP contribution in [0.3, 0.4) is 0 Å². The van der Waals surface area contributed by atoms with Crippen LogP contribution in [0.25, 0.3) is 0 Å². The van der Waals surface area contributed by atoms with E-state index in [0.29, 0.717) is 13.1 Å². The Kier molecular flexibility index (Phi) is 4.37. The molecule has 0 saturated carbocycles. The van der Waals surface area contributed by atoms with Gasteiger partial charge in [0.05, 0.1) is 11.3 Å². The van der Waals surface area contributed by atoms with E-state index in [2.05, 4.69) is 27.8 Å². The Labute approximate surface area is 108 Å². The fourth-order valence-corrected chi connectivity index (χ4v) is 2.54. The molecule has 18 heavy (non-hydrogen) atoms. The van der Waals surface area contributed by atoms with Gasteiger partial charge in [-0.15, -0.1) is 0 Å². The van der Waals surface area contributed by atoms with Crippen LogP contribution in [0.2, 0.25) is 0 Å². The highest BCUT2D eigenvalue weighted by atomic mass is 16.3. The van der Waals surface area contributed by atoms with Gasteiger partial charge in [-0.05, 0) is 51.8 Å². The van der Waals surface area contributed by atoms with E-state index in [1.807, 2.05) is 6.92 Å². The molecule has 102 valence electrons. The van der Waals surface area contributed by atoms with Gasteiger partial charge in [0.25, 0.3) is 0 Å². The van der Waals surface area contributed by atoms with Gasteiger partial charge in [0.15, 0.2) is 0 Å². The first-order valence-electron chi connectivity index (χ1n) is 6.75. The molecule has 0 radical (unpaired) electrons. The minimum Gasteiger partial charge on any atom is -0.387 e. The Morgan fingerprint density at radius 2 is 2.28 bits per heavy atom. The molecule has 5 heteroatoms. The number of H-pyrrole nitrogens is 1. The molecule has 5 nitrogen and oxygen atoms in total. The summed E-state index contributed by atoms with van der Waals surface area (Å²) in [4.78, 5) is 0. The Hall–Kier alpha value is -0.910. The Balaban J connectivity index is 1.64. The smallest absolute Gasteiger partial charge is 0.0907 e. The van der Waals surface area contributed by atoms with Gasteiger partial charge in [-0.3, -0.25) is 5.10 Å². The van der Waals surface area contributed by atoms with Gasteiger partial charge in [-0.25, -0.2) is 0 Å². The van der Waals surface area contributed by atoms with E-state index in [4.69, 9.17) is 0 Å². The number of aryl methyl sites for hydroxylation is 2. The zero-order chi connectivity index (χ0) is 13.0. The molecular weight excluding hydrogens is 228 g/mol. The number of aliphatic hydroxyl groups is 1. The van der Waals surface area contributed by atoms with Crippen molar-refractivity contribution in [1.82, 2.24) is 20.8 Å². The van der Waals surface area contributed by atoms with Gasteiger partial charge >= 0.3 is 0 Å². The maximum Gasteiger partial charge on any atom is 0.0907 e. The maximum atomic E-state index is 10.1. The number of β-amino-alcohol motifs (C(OH)–C–C–N with tert-alkyl or cyclic N) is 1. The van der Waals surface area contributed by atoms with E-state index < -0.39 is 5.60 Å². The van der Waals surface area contributed by atoms with Crippen LogP contribution in [0.1, 0.15) is 29.8 Å². The van der Waals surface area contributed by atoms with Crippen LogP contribution in [0, 0.1) is 13.8 Å². The van der Waals surface area contributed by atoms with Crippen molar-refractivity contribution >= 4 is 0 Å². The lowest BCUT2D eigenvalue weighted by Crippen LogP contribution is -2.42. The second-order valence-corrected chi connectivity index (χ2v) is 5.34. The Bertz CT molecular complexity index is 363. The van der Waals surface area contributed by atoms with Crippen molar-refractivity contribution < 1.29 is 5.11 Å². The third-order valence-corrected chi connectivity index (χ3v) is 3.74. The highest BCUT2D eigenvalue weighted by Crippen LogP contribution is 2.13. The molecule has 0 spiro atoms. The minimum atomic E-state index is -0.540. The number of rotatable bonds is 6. The number of hydrogen-bond acceptors (Lipinski definition) is 4. The van der Waals surface area contributed by atoms with Gasteiger partial charge in [0, 0.05) is 18.8 Å². The molecule has 1 saturated heterocycles. The SMILES string of the molecule is Cc1n[nH]c(C)c1CCCNCC1(O)CCNC1. The lowest BCUT2D eigenvalue weighted by Gasteiger charge is -2.21. The Morgan fingerprint density at radius 1 is 1.44 bits per heavy atom. The predicted molar refractivity (Wildman–Crippen MR) is 71.7 cm³/mol. The third-order valence-electron chi connectivity index (χ3n) is 3.74. The monoisotopic (exact) mass is 252 g/mol. The van der Waals surface area contributed by atoms with Crippen molar-refractivity contribution in [3.63, 3.8) is 0 Å². The first-order chi connectivity index (χ1) is 8.61. The molecule has 1 fully saturated rings. The molecule has 0 bridgehead atoms. The minimum absolute atomic E-state index is 0.540. The largest absolute Gasteiger partial charge is 0.387 e. The average molecular weight is 252 g/mol. The molecule has 2 heterocycles. The van der Waals surface area contributed by atoms with Crippen LogP contribution in [-0.2, 0) is 6.42 Å². The zero-order valence-corrected chi connectivity index (χ0v) is 11.3. The average Bonchev–Trinajstić information content (AvgIpc) is 2.89. The van der Waals surface area contributed by atoms with Gasteiger partial charge in [0.2, 0.25) is 0 Å². The summed E-state index contributed by atoms with van der Waals surface area (Å²) in [6.07, 6.45) is 2.96. The lowest BCUT2D eigenvalue weighted by atomic mass is 10.0. The van der Waals surface area contributed by atoms with Crippen molar-refractivity contribution in [3.05, 3.63) is 17.0 Å². The molecule has 1 aliphatic heterocycles. The van der Waals surface area contributed by atoms with Crippen LogP contribution in [0.4, 0.5) is 0 Å². The first kappa shape index (κ1) is 13.5. The van der Waals surface area contributed by atoms with Crippen molar-refractivity contribution in [2.45, 2.75) is 38.7 Å². The Morgan fingerprint density at radius 3 is 2.89 bits per heavy atom. The molecular formula is C13H24N4O. The fraction of sp³-hybridized carbons (Fsp3) is 0.769. The highest BCUT2D eigenvalue weighted by molar-refractivity contribution is 5.23. The quantitative estimate of drug-likeness (QED) is 0.549. The van der Waals surface area contributed by atoms with Crippen molar-refractivity contribution in [1.29, 1.82) is 0 Å². The molecule has 1 atom stereocenters. The van der Waals surface area contributed by atoms with Crippen molar-refractivity contribution in [3.8, 4) is 0 Å². The number of hydrogen-bond donors (Lipinski definition) is 4. The molecule has 1 aromatic heterocycles. The summed E-state index contributed by atoms with van der Waals surface area (Å²) in [6, 6.07) is 0. The molecule has 1 aromatic rings. The van der Waals surface area contributed by atoms with Crippen molar-refractivity contribution in [2.24, 2.45) is 0 Å². The second kappa shape index (κ2) is 5.82. The fourth-order valence-electron chi connectivity index (χ4n) is 2.54. The molecule has 0 aromatic carbocycles. The van der Waals surface area contributed by atoms with E-state index in [1.54, 1.807) is 0 Å². The van der Waals surface area contributed by atoms with Crippen LogP contribution in [0.5, 0.6) is 0 Å². The summed E-state index contributed by atoms with van der Waals surface area (Å²) in [5.41, 5.74) is 3.07. The van der Waals surface area contributed by atoms with E-state index >= 15 is 0 Å². The van der Waals surface area contributed by atoms with Crippen LogP contribution in [0.15, 0.2) is 0 Å². The molecule has 1 unspecified atom stereocenters. The van der Waals surface area contributed by atoms with Gasteiger partial charge in [-0.1, -0.05) is 0 Å². The first-order valence-corrected chi connectivity index (χ1v) is 6.75. The van der Waals surface area contributed by atoms with Gasteiger partial charge in [-0.2, -0.15) is 5.10 Å². The van der Waals surface area contributed by atoms with E-state index in [1.165, 1.54) is 11.3 Å². The summed E-state index contributed by atoms with van der Waals surface area (Å²) in [5.74, 6) is 0. The van der Waals surface area contributed by atoms with Crippen LogP contribution < -0.4 is 10.6 Å². The molecule has 0 aliphatic carbocycles. The molecule has 1 aliphatic rings. The predicted octanol–water partition coefficient (Wildman–Crippen LogP) is 0.273. The van der Waals surface area contributed by atoms with E-state index in [0.717, 1.165) is 38.0 Å². The normalized spacial score (nSPS) is 23.7. The molecule has 4 N–H and O–H groups in total. The van der Waals surface area contributed by atoms with E-state index in [9.17, 15) is 5.11 Å². The zero-order valence-electron chi connectivity index (χ0n) is 11.3. The number of nitrogens with zero attached hydrogens (tertiary/aromatic N) is 1. The van der Waals surface area contributed by atoms with Gasteiger partial charge in [0.1, 0.15) is 0 Å². The lowest BCUT2D eigenvalue weighted by molar-refractivity contribution is 0.0613. The summed E-state index contributed by atoms with van der Waals surface area (Å²) in [5, 5.41) is 23.9. The number of nitrogens with one attached hydrogen (secondary N) is 3. The number of aromatic nitrogens is 2. The van der Waals surface area contributed by atoms with E-state index in [-0.39, 0.29) is 0 Å². The van der Waals surface area contributed by atoms with Crippen molar-refractivity contribution in [2.75, 3.05) is 26.2 Å². The highest BCUT2D eigenvalue weighted by Gasteiger charge is 2.30. The van der Waals surface area contributed by atoms with Crippen LogP contribution in [-0.4, -0.2) is 47.1 Å². The standard InChI is InChI=1S/C13H24N4O/c1-10-12(11(2)17-16-10)4-3-6-14-8-13(18)5-7-15-9-13/h14-15,18H,3-9H2,1-2H3,(H,16,17). The summed E-state index contributed by atoms with van der Waals surface area (Å²) in [6.45, 7) is 7.36. The van der Waals surface area contributed by atoms with Crippen LogP contribution >= 0.6 is 0 Å². The number of aromatic amines is 1.